The molecule has 9 heteroatoms. The third-order valence-corrected chi connectivity index (χ3v) is 7.38. The molecule has 1 atom stereocenters. The first-order valence-corrected chi connectivity index (χ1v) is 14.2. The molecule has 2 aromatic heterocycles. The van der Waals surface area contributed by atoms with E-state index in [-0.39, 0.29) is 18.2 Å². The smallest absolute Gasteiger partial charge is 0.357 e. The quantitative estimate of drug-likeness (QED) is 0.278. The number of pyridine rings is 2. The van der Waals surface area contributed by atoms with Crippen LogP contribution in [0.2, 0.25) is 0 Å². The van der Waals surface area contributed by atoms with Crippen molar-refractivity contribution in [1.29, 1.82) is 5.41 Å². The molecular formula is C31H42N6O3. The number of anilines is 2. The monoisotopic (exact) mass is 546 g/mol. The van der Waals surface area contributed by atoms with Gasteiger partial charge in [0.2, 0.25) is 0 Å². The molecule has 0 amide bonds. The van der Waals surface area contributed by atoms with E-state index >= 15 is 0 Å². The second-order valence-corrected chi connectivity index (χ2v) is 10.6. The Morgan fingerprint density at radius 3 is 2.70 bits per heavy atom. The lowest BCUT2D eigenvalue weighted by Gasteiger charge is -2.28. The lowest BCUT2D eigenvalue weighted by atomic mass is 9.92. The molecule has 1 aliphatic carbocycles. The third-order valence-electron chi connectivity index (χ3n) is 7.38. The fourth-order valence-electron chi connectivity index (χ4n) is 5.08. The van der Waals surface area contributed by atoms with E-state index in [0.717, 1.165) is 42.2 Å². The fraction of sp³-hybridized carbons (Fsp3) is 0.484. The predicted octanol–water partition coefficient (Wildman–Crippen LogP) is 5.15. The minimum Gasteiger partial charge on any atom is -0.461 e. The van der Waals surface area contributed by atoms with Crippen molar-refractivity contribution in [3.8, 4) is 11.1 Å². The maximum Gasteiger partial charge on any atom is 0.357 e. The van der Waals surface area contributed by atoms with Crippen molar-refractivity contribution in [3.63, 3.8) is 0 Å². The van der Waals surface area contributed by atoms with E-state index < -0.39 is 5.97 Å². The first-order valence-electron chi connectivity index (χ1n) is 14.2. The average molecular weight is 547 g/mol. The second-order valence-electron chi connectivity index (χ2n) is 10.6. The van der Waals surface area contributed by atoms with Crippen molar-refractivity contribution >= 4 is 23.3 Å². The van der Waals surface area contributed by atoms with Crippen LogP contribution in [0.15, 0.2) is 48.3 Å². The second kappa shape index (κ2) is 13.7. The lowest BCUT2D eigenvalue weighted by Crippen LogP contribution is -2.33. The molecule has 3 heterocycles. The predicted molar refractivity (Wildman–Crippen MR) is 160 cm³/mol. The molecule has 0 bridgehead atoms. The van der Waals surface area contributed by atoms with Crippen molar-refractivity contribution in [2.75, 3.05) is 57.2 Å². The van der Waals surface area contributed by atoms with E-state index in [1.54, 1.807) is 26.3 Å². The van der Waals surface area contributed by atoms with Gasteiger partial charge in [0.1, 0.15) is 11.6 Å². The summed E-state index contributed by atoms with van der Waals surface area (Å²) in [6.45, 7) is 9.54. The van der Waals surface area contributed by atoms with Crippen molar-refractivity contribution in [2.45, 2.75) is 46.1 Å². The van der Waals surface area contributed by atoms with Crippen LogP contribution in [0.25, 0.3) is 11.1 Å². The SMILES string of the molecule is CCOC(=O)c1cc(-c2ccc(N(C)CCOC)nc2)c(C(=N)C(C)C)c(NC2=CC=CC(N3CCCC3)C2)n1. The highest BCUT2D eigenvalue weighted by atomic mass is 16.5. The van der Waals surface area contributed by atoms with Crippen LogP contribution in [0.3, 0.4) is 0 Å². The average Bonchev–Trinajstić information content (AvgIpc) is 3.51. The van der Waals surface area contributed by atoms with Gasteiger partial charge in [-0.3, -0.25) is 4.90 Å². The number of rotatable bonds is 12. The first-order chi connectivity index (χ1) is 19.3. The van der Waals surface area contributed by atoms with E-state index in [0.29, 0.717) is 36.3 Å². The summed E-state index contributed by atoms with van der Waals surface area (Å²) in [7, 11) is 3.65. The Bertz CT molecular complexity index is 1250. The van der Waals surface area contributed by atoms with Crippen LogP contribution < -0.4 is 10.2 Å². The van der Waals surface area contributed by atoms with E-state index in [4.69, 9.17) is 19.9 Å². The van der Waals surface area contributed by atoms with Crippen LogP contribution in [-0.4, -0.2) is 79.6 Å². The lowest BCUT2D eigenvalue weighted by molar-refractivity contribution is 0.0519. The fourth-order valence-corrected chi connectivity index (χ4v) is 5.08. The van der Waals surface area contributed by atoms with E-state index in [9.17, 15) is 4.79 Å². The number of nitrogens with one attached hydrogen (secondary N) is 2. The summed E-state index contributed by atoms with van der Waals surface area (Å²) in [5, 5.41) is 12.6. The Hall–Kier alpha value is -3.56. The topological polar surface area (TPSA) is 104 Å². The minimum atomic E-state index is -0.495. The van der Waals surface area contributed by atoms with Gasteiger partial charge in [0.15, 0.2) is 5.69 Å². The normalized spacial score (nSPS) is 17.1. The maximum atomic E-state index is 12.9. The van der Waals surface area contributed by atoms with Crippen LogP contribution in [-0.2, 0) is 9.47 Å². The number of hydrogen-bond acceptors (Lipinski definition) is 9. The molecule has 40 heavy (non-hydrogen) atoms. The zero-order chi connectivity index (χ0) is 28.6. The highest BCUT2D eigenvalue weighted by molar-refractivity contribution is 6.10. The zero-order valence-corrected chi connectivity index (χ0v) is 24.4. The van der Waals surface area contributed by atoms with Crippen molar-refractivity contribution in [2.24, 2.45) is 5.92 Å². The number of esters is 1. The highest BCUT2D eigenvalue weighted by Gasteiger charge is 2.26. The summed E-state index contributed by atoms with van der Waals surface area (Å²) < 4.78 is 10.5. The van der Waals surface area contributed by atoms with E-state index in [1.807, 2.05) is 37.9 Å². The number of hydrogen-bond donors (Lipinski definition) is 2. The molecule has 1 fully saturated rings. The van der Waals surface area contributed by atoms with Gasteiger partial charge in [0, 0.05) is 61.9 Å². The first kappa shape index (κ1) is 29.4. The minimum absolute atomic E-state index is 0.0560. The van der Waals surface area contributed by atoms with Gasteiger partial charge in [-0.25, -0.2) is 14.8 Å². The summed E-state index contributed by atoms with van der Waals surface area (Å²) in [6, 6.07) is 5.97. The molecular weight excluding hydrogens is 504 g/mol. The summed E-state index contributed by atoms with van der Waals surface area (Å²) in [5.41, 5.74) is 3.82. The van der Waals surface area contributed by atoms with Crippen LogP contribution in [0.5, 0.6) is 0 Å². The Morgan fingerprint density at radius 2 is 2.05 bits per heavy atom. The summed E-state index contributed by atoms with van der Waals surface area (Å²) in [4.78, 5) is 26.9. The number of ether oxygens (including phenoxy) is 2. The van der Waals surface area contributed by atoms with Gasteiger partial charge in [-0.1, -0.05) is 26.0 Å². The van der Waals surface area contributed by atoms with Gasteiger partial charge < -0.3 is 25.1 Å². The molecule has 0 radical (unpaired) electrons. The molecule has 2 aliphatic rings. The Morgan fingerprint density at radius 1 is 1.27 bits per heavy atom. The summed E-state index contributed by atoms with van der Waals surface area (Å²) >= 11 is 0. The molecule has 1 unspecified atom stereocenters. The largest absolute Gasteiger partial charge is 0.461 e. The molecule has 2 aromatic rings. The van der Waals surface area contributed by atoms with Crippen LogP contribution >= 0.6 is 0 Å². The summed E-state index contributed by atoms with van der Waals surface area (Å²) in [6.07, 6.45) is 11.5. The van der Waals surface area contributed by atoms with Gasteiger partial charge >= 0.3 is 5.97 Å². The van der Waals surface area contributed by atoms with Gasteiger partial charge in [0.05, 0.1) is 13.2 Å². The van der Waals surface area contributed by atoms with Crippen molar-refractivity contribution < 1.29 is 14.3 Å². The maximum absolute atomic E-state index is 12.9. The summed E-state index contributed by atoms with van der Waals surface area (Å²) in [5.74, 6) is 0.749. The molecule has 1 aliphatic heterocycles. The van der Waals surface area contributed by atoms with Gasteiger partial charge in [-0.15, -0.1) is 0 Å². The number of allylic oxidation sites excluding steroid dienone is 2. The van der Waals surface area contributed by atoms with Crippen LogP contribution in [0.1, 0.15) is 56.1 Å². The van der Waals surface area contributed by atoms with Gasteiger partial charge in [-0.2, -0.15) is 0 Å². The van der Waals surface area contributed by atoms with Crippen molar-refractivity contribution in [1.82, 2.24) is 14.9 Å². The van der Waals surface area contributed by atoms with Crippen LogP contribution in [0.4, 0.5) is 11.6 Å². The number of carbonyl (C=O) groups excluding carboxylic acids is 1. The molecule has 1 saturated heterocycles. The number of methoxy groups -OCH3 is 1. The highest BCUT2D eigenvalue weighted by Crippen LogP contribution is 2.34. The number of aromatic nitrogens is 2. The Labute approximate surface area is 237 Å². The Balaban J connectivity index is 1.76. The molecule has 4 rings (SSSR count). The van der Waals surface area contributed by atoms with E-state index in [1.165, 1.54) is 12.8 Å². The molecule has 2 N–H and O–H groups in total. The van der Waals surface area contributed by atoms with Crippen molar-refractivity contribution in [3.05, 3.63) is 59.6 Å². The molecule has 0 saturated carbocycles. The van der Waals surface area contributed by atoms with Gasteiger partial charge in [-0.05, 0) is 68.6 Å². The third kappa shape index (κ3) is 6.95. The number of likely N-dealkylation sites (N-methyl/N-ethyl adjacent to an activating group) is 1. The van der Waals surface area contributed by atoms with Gasteiger partial charge in [0.25, 0.3) is 0 Å². The standard InChI is InChI=1S/C31H42N6O3/c1-6-40-31(38)26-19-25(22-12-13-27(33-20-22)36(4)16-17-39-5)28(29(32)21(2)3)30(35-26)34-23-10-9-11-24(18-23)37-14-7-8-15-37/h9-13,19-21,24,32H,6-8,14-18H2,1-5H3,(H,34,35). The Kier molecular flexibility index (Phi) is 10.1. The molecule has 9 nitrogen and oxygen atoms in total. The number of likely N-dealkylation sites (tertiary alicyclic amines) is 1. The number of carbonyl (C=O) groups is 1. The molecule has 0 spiro atoms. The molecule has 214 valence electrons. The van der Waals surface area contributed by atoms with E-state index in [2.05, 4.69) is 33.4 Å². The van der Waals surface area contributed by atoms with Crippen LogP contribution in [0, 0.1) is 11.3 Å². The number of nitrogens with zero attached hydrogens (tertiary/aromatic N) is 4. The zero-order valence-electron chi connectivity index (χ0n) is 24.4. The molecule has 0 aromatic carbocycles.